The van der Waals surface area contributed by atoms with E-state index < -0.39 is 5.97 Å². The van der Waals surface area contributed by atoms with Crippen LogP contribution in [0.15, 0.2) is 103 Å². The summed E-state index contributed by atoms with van der Waals surface area (Å²) in [5.74, 6) is -1.39. The van der Waals surface area contributed by atoms with Gasteiger partial charge in [-0.25, -0.2) is 4.79 Å². The molecule has 0 aliphatic heterocycles. The van der Waals surface area contributed by atoms with E-state index in [-0.39, 0.29) is 11.3 Å². The Balaban J connectivity index is 1.60. The molecule has 0 saturated heterocycles. The summed E-state index contributed by atoms with van der Waals surface area (Å²) in [4.78, 5) is 13.2. The molecule has 0 heterocycles. The second-order valence-electron chi connectivity index (χ2n) is 7.01. The first kappa shape index (κ1) is 20.0. The normalized spacial score (nSPS) is 10.8. The molecule has 0 saturated carbocycles. The van der Waals surface area contributed by atoms with Gasteiger partial charge in [0.05, 0.1) is 0 Å². The van der Waals surface area contributed by atoms with Crippen LogP contribution in [0.1, 0.15) is 21.5 Å². The van der Waals surface area contributed by atoms with Gasteiger partial charge in [-0.2, -0.15) is 0 Å². The highest BCUT2D eigenvalue weighted by Gasteiger charge is 2.11. The highest BCUT2D eigenvalue weighted by Crippen LogP contribution is 2.34. The van der Waals surface area contributed by atoms with Crippen LogP contribution in [0.3, 0.4) is 0 Å². The van der Waals surface area contributed by atoms with Crippen molar-refractivity contribution in [3.8, 4) is 5.75 Å². The minimum absolute atomic E-state index is 0.108. The van der Waals surface area contributed by atoms with E-state index in [4.69, 9.17) is 5.11 Å². The molecule has 0 aliphatic carbocycles. The maximum Gasteiger partial charge on any atom is 0.339 e. The number of carbonyl (C=O) groups is 1. The largest absolute Gasteiger partial charge is 0.507 e. The van der Waals surface area contributed by atoms with Gasteiger partial charge in [0.25, 0.3) is 0 Å². The van der Waals surface area contributed by atoms with Gasteiger partial charge in [-0.05, 0) is 59.7 Å². The van der Waals surface area contributed by atoms with Gasteiger partial charge in [0.1, 0.15) is 11.3 Å². The Hall–Kier alpha value is -4.31. The van der Waals surface area contributed by atoms with Crippen molar-refractivity contribution >= 4 is 35.2 Å². The number of para-hydroxylation sites is 2. The van der Waals surface area contributed by atoms with Gasteiger partial charge >= 0.3 is 5.97 Å². The molecule has 2 N–H and O–H groups in total. The molecule has 0 amide bonds. The number of hydrogen-bond donors (Lipinski definition) is 2. The van der Waals surface area contributed by atoms with Gasteiger partial charge in [-0.1, -0.05) is 66.7 Å². The van der Waals surface area contributed by atoms with E-state index in [9.17, 15) is 9.90 Å². The molecule has 0 aromatic heterocycles. The van der Waals surface area contributed by atoms with Crippen molar-refractivity contribution in [1.29, 1.82) is 0 Å². The Morgan fingerprint density at radius 3 is 1.65 bits per heavy atom. The van der Waals surface area contributed by atoms with Crippen LogP contribution in [-0.2, 0) is 0 Å². The topological polar surface area (TPSA) is 60.8 Å². The molecule has 4 nitrogen and oxygen atoms in total. The van der Waals surface area contributed by atoms with E-state index in [1.807, 2.05) is 60.7 Å². The molecule has 31 heavy (non-hydrogen) atoms. The number of aromatic carboxylic acids is 1. The second-order valence-corrected chi connectivity index (χ2v) is 7.01. The van der Waals surface area contributed by atoms with Crippen molar-refractivity contribution in [2.24, 2.45) is 0 Å². The number of rotatable bonds is 6. The Morgan fingerprint density at radius 1 is 0.645 bits per heavy atom. The summed E-state index contributed by atoms with van der Waals surface area (Å²) in [5.41, 5.74) is 4.80. The fraction of sp³-hybridized carbons (Fsp3) is 0. The monoisotopic (exact) mass is 407 g/mol. The van der Waals surface area contributed by atoms with E-state index in [0.717, 1.165) is 28.2 Å². The summed E-state index contributed by atoms with van der Waals surface area (Å²) in [6.45, 7) is 0. The maximum absolute atomic E-state index is 11.0. The molecular weight excluding hydrogens is 386 g/mol. The number of anilines is 3. The van der Waals surface area contributed by atoms with Gasteiger partial charge in [0.2, 0.25) is 0 Å². The first-order valence-electron chi connectivity index (χ1n) is 9.86. The minimum Gasteiger partial charge on any atom is -0.507 e. The van der Waals surface area contributed by atoms with Crippen LogP contribution in [0, 0.1) is 0 Å². The third-order valence-electron chi connectivity index (χ3n) is 4.90. The van der Waals surface area contributed by atoms with E-state index in [2.05, 4.69) is 41.3 Å². The lowest BCUT2D eigenvalue weighted by Crippen LogP contribution is -2.09. The van der Waals surface area contributed by atoms with Crippen molar-refractivity contribution in [1.82, 2.24) is 0 Å². The Morgan fingerprint density at radius 2 is 1.13 bits per heavy atom. The Bertz CT molecular complexity index is 1160. The zero-order valence-corrected chi connectivity index (χ0v) is 16.7. The number of carboxylic acids is 1. The fourth-order valence-corrected chi connectivity index (χ4v) is 3.36. The molecule has 0 radical (unpaired) electrons. The summed E-state index contributed by atoms with van der Waals surface area (Å²) in [7, 11) is 0. The predicted molar refractivity (Wildman–Crippen MR) is 125 cm³/mol. The Kier molecular flexibility index (Phi) is 5.81. The molecule has 4 rings (SSSR count). The van der Waals surface area contributed by atoms with Crippen LogP contribution in [0.2, 0.25) is 0 Å². The second kappa shape index (κ2) is 9.01. The molecule has 0 fully saturated rings. The van der Waals surface area contributed by atoms with Gasteiger partial charge in [0.15, 0.2) is 0 Å². The first-order valence-corrected chi connectivity index (χ1v) is 9.86. The van der Waals surface area contributed by atoms with Gasteiger partial charge < -0.3 is 15.1 Å². The van der Waals surface area contributed by atoms with Crippen LogP contribution in [0.5, 0.6) is 5.75 Å². The highest BCUT2D eigenvalue weighted by atomic mass is 16.4. The average Bonchev–Trinajstić information content (AvgIpc) is 2.80. The number of hydrogen-bond acceptors (Lipinski definition) is 3. The molecule has 0 unspecified atom stereocenters. The lowest BCUT2D eigenvalue weighted by molar-refractivity contribution is 0.0693. The van der Waals surface area contributed by atoms with Crippen LogP contribution in [-0.4, -0.2) is 16.2 Å². The van der Waals surface area contributed by atoms with E-state index in [0.29, 0.717) is 0 Å². The van der Waals surface area contributed by atoms with Gasteiger partial charge in [-0.15, -0.1) is 0 Å². The van der Waals surface area contributed by atoms with Crippen molar-refractivity contribution < 1.29 is 15.0 Å². The zero-order valence-electron chi connectivity index (χ0n) is 16.7. The molecular formula is C27H21NO3. The number of nitrogens with zero attached hydrogens (tertiary/aromatic N) is 1. The molecule has 4 aromatic rings. The van der Waals surface area contributed by atoms with E-state index in [1.54, 1.807) is 6.07 Å². The summed E-state index contributed by atoms with van der Waals surface area (Å²) in [5, 5.41) is 18.9. The quantitative estimate of drug-likeness (QED) is 0.348. The highest BCUT2D eigenvalue weighted by molar-refractivity contribution is 5.91. The lowest BCUT2D eigenvalue weighted by atomic mass is 10.1. The van der Waals surface area contributed by atoms with Crippen molar-refractivity contribution in [3.05, 3.63) is 120 Å². The number of aromatic hydroxyl groups is 1. The Labute approximate surface area is 181 Å². The maximum atomic E-state index is 11.0. The molecule has 4 aromatic carbocycles. The molecule has 0 spiro atoms. The smallest absolute Gasteiger partial charge is 0.339 e. The van der Waals surface area contributed by atoms with E-state index in [1.165, 1.54) is 12.1 Å². The summed E-state index contributed by atoms with van der Waals surface area (Å²) < 4.78 is 0. The molecule has 0 aliphatic rings. The molecule has 4 heteroatoms. The number of phenols is 1. The van der Waals surface area contributed by atoms with Crippen LogP contribution in [0.25, 0.3) is 12.2 Å². The van der Waals surface area contributed by atoms with Crippen LogP contribution in [0.4, 0.5) is 17.1 Å². The fourth-order valence-electron chi connectivity index (χ4n) is 3.36. The molecule has 0 atom stereocenters. The number of benzene rings is 4. The van der Waals surface area contributed by atoms with Crippen LogP contribution >= 0.6 is 0 Å². The number of carboxylic acid groups (broad SMARTS) is 1. The summed E-state index contributed by atoms with van der Waals surface area (Å²) >= 11 is 0. The standard InChI is InChI=1S/C27H21NO3/c29-26-19-21(15-18-25(26)27(30)31)12-11-20-13-16-24(17-14-20)28(22-7-3-1-4-8-22)23-9-5-2-6-10-23/h1-19,29H,(H,30,31). The van der Waals surface area contributed by atoms with Crippen molar-refractivity contribution in [2.45, 2.75) is 0 Å². The third-order valence-corrected chi connectivity index (χ3v) is 4.90. The minimum atomic E-state index is -1.15. The summed E-state index contributed by atoms with van der Waals surface area (Å²) in [6, 6.07) is 33.1. The van der Waals surface area contributed by atoms with E-state index >= 15 is 0 Å². The average molecular weight is 407 g/mol. The first-order chi connectivity index (χ1) is 15.1. The van der Waals surface area contributed by atoms with Crippen molar-refractivity contribution in [2.75, 3.05) is 4.90 Å². The van der Waals surface area contributed by atoms with Gasteiger partial charge in [0, 0.05) is 17.1 Å². The molecule has 152 valence electrons. The van der Waals surface area contributed by atoms with Crippen LogP contribution < -0.4 is 4.90 Å². The van der Waals surface area contributed by atoms with Crippen molar-refractivity contribution in [3.63, 3.8) is 0 Å². The zero-order chi connectivity index (χ0) is 21.6. The predicted octanol–water partition coefficient (Wildman–Crippen LogP) is 6.73. The third kappa shape index (κ3) is 4.65. The van der Waals surface area contributed by atoms with Gasteiger partial charge in [-0.3, -0.25) is 0 Å². The summed E-state index contributed by atoms with van der Waals surface area (Å²) in [6.07, 6.45) is 3.76. The lowest BCUT2D eigenvalue weighted by Gasteiger charge is -2.25. The molecule has 0 bridgehead atoms. The SMILES string of the molecule is O=C(O)c1ccc(C=Cc2ccc(N(c3ccccc3)c3ccccc3)cc2)cc1O.